The smallest absolute Gasteiger partial charge is 0.193 e. The molecule has 0 radical (unpaired) electrons. The van der Waals surface area contributed by atoms with E-state index in [2.05, 4.69) is 25.3 Å². The zero-order valence-corrected chi connectivity index (χ0v) is 15.9. The van der Waals surface area contributed by atoms with Crippen molar-refractivity contribution >= 4 is 5.96 Å². The molecule has 1 aliphatic heterocycles. The molecule has 0 unspecified atom stereocenters. The Hall–Kier alpha value is -2.74. The molecule has 0 atom stereocenters. The quantitative estimate of drug-likeness (QED) is 0.447. The Morgan fingerprint density at radius 2 is 1.89 bits per heavy atom. The van der Waals surface area contributed by atoms with Gasteiger partial charge in [-0.1, -0.05) is 5.16 Å². The van der Waals surface area contributed by atoms with Crippen molar-refractivity contribution in [3.63, 3.8) is 0 Å². The predicted octanol–water partition coefficient (Wildman–Crippen LogP) is 1.46. The van der Waals surface area contributed by atoms with Gasteiger partial charge in [-0.3, -0.25) is 9.89 Å². The molecule has 146 valence electrons. The van der Waals surface area contributed by atoms with E-state index < -0.39 is 0 Å². The first-order valence-electron chi connectivity index (χ1n) is 9.12. The molecule has 1 aromatic heterocycles. The molecule has 0 amide bonds. The highest BCUT2D eigenvalue weighted by atomic mass is 16.5. The lowest BCUT2D eigenvalue weighted by Gasteiger charge is -2.36. The van der Waals surface area contributed by atoms with E-state index in [1.807, 2.05) is 37.4 Å². The van der Waals surface area contributed by atoms with E-state index in [0.29, 0.717) is 13.2 Å². The van der Waals surface area contributed by atoms with Crippen LogP contribution in [-0.2, 0) is 6.54 Å². The number of guanidine groups is 1. The molecule has 1 N–H and O–H groups in total. The highest BCUT2D eigenvalue weighted by Gasteiger charge is 2.20. The summed E-state index contributed by atoms with van der Waals surface area (Å²) in [5.41, 5.74) is 0.974. The van der Waals surface area contributed by atoms with Crippen LogP contribution in [0.3, 0.4) is 0 Å². The van der Waals surface area contributed by atoms with Gasteiger partial charge in [0.25, 0.3) is 0 Å². The maximum atomic E-state index is 5.75. The first kappa shape index (κ1) is 19.0. The topological polar surface area (TPSA) is 75.4 Å². The fraction of sp³-hybridized carbons (Fsp3) is 0.474. The first-order chi connectivity index (χ1) is 13.3. The van der Waals surface area contributed by atoms with Crippen LogP contribution in [0.5, 0.6) is 11.5 Å². The Morgan fingerprint density at radius 1 is 1.15 bits per heavy atom. The molecule has 1 aliphatic rings. The second-order valence-corrected chi connectivity index (χ2v) is 6.25. The monoisotopic (exact) mass is 373 g/mol. The normalized spacial score (nSPS) is 15.6. The Morgan fingerprint density at radius 3 is 2.52 bits per heavy atom. The first-order valence-corrected chi connectivity index (χ1v) is 9.12. The second kappa shape index (κ2) is 9.82. The fourth-order valence-corrected chi connectivity index (χ4v) is 3.00. The summed E-state index contributed by atoms with van der Waals surface area (Å²) in [5, 5.41) is 7.35. The average Bonchev–Trinajstić information content (AvgIpc) is 3.22. The van der Waals surface area contributed by atoms with Gasteiger partial charge >= 0.3 is 0 Å². The van der Waals surface area contributed by atoms with Gasteiger partial charge in [0.1, 0.15) is 24.4 Å². The SMILES string of the molecule is CN=C(NCCOc1ccc(OC)cc1)N1CCN(Cc2ccon2)CC1. The Balaban J connectivity index is 1.36. The molecule has 0 bridgehead atoms. The molecule has 8 nitrogen and oxygen atoms in total. The highest BCUT2D eigenvalue weighted by molar-refractivity contribution is 5.80. The van der Waals surface area contributed by atoms with Crippen LogP contribution in [0.15, 0.2) is 46.1 Å². The Kier molecular flexibility index (Phi) is 6.92. The maximum Gasteiger partial charge on any atom is 0.193 e. The molecule has 0 aliphatic carbocycles. The van der Waals surface area contributed by atoms with Gasteiger partial charge < -0.3 is 24.2 Å². The summed E-state index contributed by atoms with van der Waals surface area (Å²) in [6, 6.07) is 9.50. The summed E-state index contributed by atoms with van der Waals surface area (Å²) in [4.78, 5) is 9.03. The summed E-state index contributed by atoms with van der Waals surface area (Å²) in [6.07, 6.45) is 1.62. The van der Waals surface area contributed by atoms with E-state index >= 15 is 0 Å². The highest BCUT2D eigenvalue weighted by Crippen LogP contribution is 2.16. The molecule has 0 saturated carbocycles. The number of piperazine rings is 1. The molecule has 0 spiro atoms. The number of hydrogen-bond donors (Lipinski definition) is 1. The van der Waals surface area contributed by atoms with Gasteiger partial charge in [0.2, 0.25) is 0 Å². The summed E-state index contributed by atoms with van der Waals surface area (Å²) >= 11 is 0. The predicted molar refractivity (Wildman–Crippen MR) is 103 cm³/mol. The summed E-state index contributed by atoms with van der Waals surface area (Å²) < 4.78 is 15.8. The Bertz CT molecular complexity index is 695. The number of methoxy groups -OCH3 is 1. The van der Waals surface area contributed by atoms with Crippen molar-refractivity contribution < 1.29 is 14.0 Å². The van der Waals surface area contributed by atoms with Gasteiger partial charge in [0, 0.05) is 45.8 Å². The van der Waals surface area contributed by atoms with Crippen LogP contribution in [0.4, 0.5) is 0 Å². The summed E-state index contributed by atoms with van der Waals surface area (Å²) in [7, 11) is 3.47. The number of nitrogens with one attached hydrogen (secondary N) is 1. The molecule has 8 heteroatoms. The van der Waals surface area contributed by atoms with Gasteiger partial charge in [-0.05, 0) is 24.3 Å². The average molecular weight is 373 g/mol. The van der Waals surface area contributed by atoms with Gasteiger partial charge in [-0.25, -0.2) is 0 Å². The maximum absolute atomic E-state index is 5.75. The summed E-state index contributed by atoms with van der Waals surface area (Å²) in [6.45, 7) is 5.88. The zero-order valence-electron chi connectivity index (χ0n) is 15.9. The molecule has 1 saturated heterocycles. The lowest BCUT2D eigenvalue weighted by molar-refractivity contribution is 0.168. The van der Waals surface area contributed by atoms with E-state index in [1.54, 1.807) is 13.4 Å². The minimum absolute atomic E-state index is 0.567. The third-order valence-electron chi connectivity index (χ3n) is 4.47. The van der Waals surface area contributed by atoms with Crippen molar-refractivity contribution in [2.75, 3.05) is 53.5 Å². The lowest BCUT2D eigenvalue weighted by atomic mass is 10.3. The van der Waals surface area contributed by atoms with Crippen LogP contribution in [0.25, 0.3) is 0 Å². The van der Waals surface area contributed by atoms with Gasteiger partial charge in [0.15, 0.2) is 5.96 Å². The van der Waals surface area contributed by atoms with E-state index in [-0.39, 0.29) is 0 Å². The largest absolute Gasteiger partial charge is 0.497 e. The number of hydrogen-bond acceptors (Lipinski definition) is 6. The minimum Gasteiger partial charge on any atom is -0.497 e. The molecule has 27 heavy (non-hydrogen) atoms. The number of benzene rings is 1. The van der Waals surface area contributed by atoms with Gasteiger partial charge in [-0.2, -0.15) is 0 Å². The van der Waals surface area contributed by atoms with E-state index in [1.165, 1.54) is 0 Å². The van der Waals surface area contributed by atoms with Crippen LogP contribution in [0.1, 0.15) is 5.69 Å². The molecular weight excluding hydrogens is 346 g/mol. The molecule has 2 aromatic rings. The number of ether oxygens (including phenoxy) is 2. The minimum atomic E-state index is 0.567. The zero-order chi connectivity index (χ0) is 18.9. The van der Waals surface area contributed by atoms with Crippen molar-refractivity contribution in [2.45, 2.75) is 6.54 Å². The third kappa shape index (κ3) is 5.62. The number of aromatic nitrogens is 1. The molecule has 2 heterocycles. The molecule has 3 rings (SSSR count). The number of rotatable bonds is 7. The lowest BCUT2D eigenvalue weighted by Crippen LogP contribution is -2.52. The van der Waals surface area contributed by atoms with Crippen molar-refractivity contribution in [2.24, 2.45) is 4.99 Å². The second-order valence-electron chi connectivity index (χ2n) is 6.25. The number of nitrogens with zero attached hydrogens (tertiary/aromatic N) is 4. The third-order valence-corrected chi connectivity index (χ3v) is 4.47. The van der Waals surface area contributed by atoms with Crippen LogP contribution >= 0.6 is 0 Å². The van der Waals surface area contributed by atoms with Crippen molar-refractivity contribution in [1.29, 1.82) is 0 Å². The molecule has 1 fully saturated rings. The molecule has 1 aromatic carbocycles. The van der Waals surface area contributed by atoms with Crippen molar-refractivity contribution in [3.8, 4) is 11.5 Å². The van der Waals surface area contributed by atoms with E-state index in [9.17, 15) is 0 Å². The number of aliphatic imine (C=N–C) groups is 1. The van der Waals surface area contributed by atoms with Crippen LogP contribution in [-0.4, -0.2) is 74.4 Å². The van der Waals surface area contributed by atoms with Crippen LogP contribution in [0.2, 0.25) is 0 Å². The van der Waals surface area contributed by atoms with Gasteiger partial charge in [0.05, 0.1) is 19.3 Å². The molecular formula is C19H27N5O3. The van der Waals surface area contributed by atoms with Crippen molar-refractivity contribution in [1.82, 2.24) is 20.3 Å². The van der Waals surface area contributed by atoms with Crippen molar-refractivity contribution in [3.05, 3.63) is 42.3 Å². The van der Waals surface area contributed by atoms with Crippen LogP contribution < -0.4 is 14.8 Å². The summed E-state index contributed by atoms with van der Waals surface area (Å²) in [5.74, 6) is 2.56. The Labute approximate surface area is 159 Å². The van der Waals surface area contributed by atoms with Gasteiger partial charge in [-0.15, -0.1) is 0 Å². The van der Waals surface area contributed by atoms with E-state index in [4.69, 9.17) is 14.0 Å². The standard InChI is InChI=1S/C19H27N5O3/c1-20-19(21-8-14-26-18-5-3-17(25-2)4-6-18)24-11-9-23(10-12-24)15-16-7-13-27-22-16/h3-7,13H,8-12,14-15H2,1-2H3,(H,20,21). The van der Waals surface area contributed by atoms with Crippen LogP contribution in [0, 0.1) is 0 Å². The van der Waals surface area contributed by atoms with E-state index in [0.717, 1.165) is 55.9 Å². The fourth-order valence-electron chi connectivity index (χ4n) is 3.00.